The number of aryl methyl sites for hydroxylation is 1. The molecule has 152 valence electrons. The Morgan fingerprint density at radius 1 is 1.10 bits per heavy atom. The number of hydrogen-bond donors (Lipinski definition) is 0. The maximum atomic E-state index is 12.2. The van der Waals surface area contributed by atoms with Gasteiger partial charge in [0.15, 0.2) is 0 Å². The highest BCUT2D eigenvalue weighted by Crippen LogP contribution is 2.26. The van der Waals surface area contributed by atoms with Crippen molar-refractivity contribution < 1.29 is 19.1 Å². The van der Waals surface area contributed by atoms with Crippen molar-refractivity contribution in [3.05, 3.63) is 75.1 Å². The van der Waals surface area contributed by atoms with Crippen molar-refractivity contribution in [2.45, 2.75) is 52.6 Å². The van der Waals surface area contributed by atoms with E-state index in [0.29, 0.717) is 23.5 Å². The quantitative estimate of drug-likeness (QED) is 0.597. The molecular weight excluding hydrogens is 368 g/mol. The Bertz CT molecular complexity index is 1090. The number of fused-ring (bicyclic) bond motifs is 1. The minimum absolute atomic E-state index is 0.0925. The summed E-state index contributed by atoms with van der Waals surface area (Å²) in [6, 6.07) is 13.7. The average molecular weight is 393 g/mol. The number of carboxylic acids is 1. The highest BCUT2D eigenvalue weighted by atomic mass is 16.5. The van der Waals surface area contributed by atoms with Crippen molar-refractivity contribution >= 4 is 16.9 Å². The first-order valence-electron chi connectivity index (χ1n) is 9.63. The molecule has 0 spiro atoms. The van der Waals surface area contributed by atoms with Crippen LogP contribution in [0.15, 0.2) is 51.7 Å². The fourth-order valence-electron chi connectivity index (χ4n) is 3.25. The molecule has 29 heavy (non-hydrogen) atoms. The summed E-state index contributed by atoms with van der Waals surface area (Å²) in [5, 5.41) is 11.5. The zero-order valence-corrected chi connectivity index (χ0v) is 17.2. The Morgan fingerprint density at radius 3 is 2.41 bits per heavy atom. The van der Waals surface area contributed by atoms with Gasteiger partial charge < -0.3 is 19.1 Å². The fourth-order valence-corrected chi connectivity index (χ4v) is 3.25. The van der Waals surface area contributed by atoms with Crippen LogP contribution in [-0.4, -0.2) is 5.97 Å². The van der Waals surface area contributed by atoms with E-state index in [4.69, 9.17) is 9.15 Å². The highest BCUT2D eigenvalue weighted by molar-refractivity contribution is 5.82. The first-order valence-corrected chi connectivity index (χ1v) is 9.63. The SMILES string of the molecule is Cc1c(CCC(=O)[O-])c(=O)oc2cc(OCc3ccc(C(C)(C)C)cc3)ccc12. The average Bonchev–Trinajstić information content (AvgIpc) is 2.65. The molecule has 0 amide bonds. The summed E-state index contributed by atoms with van der Waals surface area (Å²) in [6.07, 6.45) is -0.123. The first-order chi connectivity index (χ1) is 13.6. The van der Waals surface area contributed by atoms with E-state index in [1.165, 1.54) is 5.56 Å². The number of aliphatic carboxylic acids is 1. The lowest BCUT2D eigenvalue weighted by atomic mass is 9.87. The van der Waals surface area contributed by atoms with Crippen molar-refractivity contribution in [2.24, 2.45) is 0 Å². The molecular formula is C24H25O5-. The predicted molar refractivity (Wildman–Crippen MR) is 110 cm³/mol. The topological polar surface area (TPSA) is 79.6 Å². The van der Waals surface area contributed by atoms with Gasteiger partial charge in [-0.05, 0) is 54.0 Å². The number of ether oxygens (including phenoxy) is 1. The van der Waals surface area contributed by atoms with Gasteiger partial charge in [0.25, 0.3) is 0 Å². The van der Waals surface area contributed by atoms with E-state index in [2.05, 4.69) is 45.0 Å². The summed E-state index contributed by atoms with van der Waals surface area (Å²) in [5.41, 5.74) is 3.41. The van der Waals surface area contributed by atoms with Crippen LogP contribution in [0.25, 0.3) is 11.0 Å². The number of carboxylic acid groups (broad SMARTS) is 1. The predicted octanol–water partition coefficient (Wildman–Crippen LogP) is 3.66. The Morgan fingerprint density at radius 2 is 1.79 bits per heavy atom. The van der Waals surface area contributed by atoms with Crippen LogP contribution in [-0.2, 0) is 23.2 Å². The minimum Gasteiger partial charge on any atom is -0.550 e. The van der Waals surface area contributed by atoms with E-state index >= 15 is 0 Å². The number of carbonyl (C=O) groups is 1. The Balaban J connectivity index is 1.78. The van der Waals surface area contributed by atoms with Gasteiger partial charge in [-0.2, -0.15) is 0 Å². The van der Waals surface area contributed by atoms with Gasteiger partial charge >= 0.3 is 5.63 Å². The van der Waals surface area contributed by atoms with Crippen LogP contribution in [0.1, 0.15) is 49.4 Å². The molecule has 0 atom stereocenters. The van der Waals surface area contributed by atoms with Gasteiger partial charge in [-0.3, -0.25) is 0 Å². The molecule has 1 aromatic heterocycles. The molecule has 0 unspecified atom stereocenters. The van der Waals surface area contributed by atoms with Crippen LogP contribution >= 0.6 is 0 Å². The fraction of sp³-hybridized carbons (Fsp3) is 0.333. The second-order valence-electron chi connectivity index (χ2n) is 8.26. The molecule has 3 rings (SSSR count). The summed E-state index contributed by atoms with van der Waals surface area (Å²) >= 11 is 0. The third kappa shape index (κ3) is 4.86. The van der Waals surface area contributed by atoms with Crippen LogP contribution in [0, 0.1) is 6.92 Å². The largest absolute Gasteiger partial charge is 0.550 e. The Kier molecular flexibility index (Phi) is 5.78. The van der Waals surface area contributed by atoms with E-state index in [-0.39, 0.29) is 18.3 Å². The summed E-state index contributed by atoms with van der Waals surface area (Å²) in [6.45, 7) is 8.72. The smallest absolute Gasteiger partial charge is 0.339 e. The third-order valence-electron chi connectivity index (χ3n) is 5.06. The first kappa shape index (κ1) is 20.6. The molecule has 5 nitrogen and oxygen atoms in total. The summed E-state index contributed by atoms with van der Waals surface area (Å²) in [7, 11) is 0. The molecule has 0 fully saturated rings. The van der Waals surface area contributed by atoms with E-state index in [0.717, 1.165) is 16.5 Å². The van der Waals surface area contributed by atoms with Gasteiger partial charge in [0.1, 0.15) is 17.9 Å². The minimum atomic E-state index is -1.19. The van der Waals surface area contributed by atoms with Crippen LogP contribution < -0.4 is 15.5 Å². The molecule has 3 aromatic rings. The number of rotatable bonds is 6. The van der Waals surface area contributed by atoms with Crippen molar-refractivity contribution in [1.82, 2.24) is 0 Å². The molecule has 0 aliphatic carbocycles. The van der Waals surface area contributed by atoms with Crippen LogP contribution in [0.5, 0.6) is 5.75 Å². The lowest BCUT2D eigenvalue weighted by molar-refractivity contribution is -0.305. The van der Waals surface area contributed by atoms with Gasteiger partial charge in [0.2, 0.25) is 0 Å². The molecule has 2 aromatic carbocycles. The summed E-state index contributed by atoms with van der Waals surface area (Å²) in [4.78, 5) is 22.9. The van der Waals surface area contributed by atoms with Gasteiger partial charge in [-0.15, -0.1) is 0 Å². The Labute approximate surface area is 169 Å². The zero-order valence-electron chi connectivity index (χ0n) is 17.2. The lowest BCUT2D eigenvalue weighted by Crippen LogP contribution is -2.24. The number of hydrogen-bond acceptors (Lipinski definition) is 5. The van der Waals surface area contributed by atoms with E-state index in [9.17, 15) is 14.7 Å². The monoisotopic (exact) mass is 393 g/mol. The molecule has 0 radical (unpaired) electrons. The van der Waals surface area contributed by atoms with E-state index in [1.54, 1.807) is 13.0 Å². The third-order valence-corrected chi connectivity index (χ3v) is 5.06. The van der Waals surface area contributed by atoms with E-state index < -0.39 is 11.6 Å². The standard InChI is InChI=1S/C24H26O5/c1-15-19-10-9-18(13-21(19)29-23(27)20(15)11-12-22(25)26)28-14-16-5-7-17(8-6-16)24(2,3)4/h5-10,13H,11-12,14H2,1-4H3,(H,25,26)/p-1. The highest BCUT2D eigenvalue weighted by Gasteiger charge is 2.14. The van der Waals surface area contributed by atoms with Crippen molar-refractivity contribution in [3.63, 3.8) is 0 Å². The second-order valence-corrected chi connectivity index (χ2v) is 8.26. The molecule has 0 aliphatic heterocycles. The van der Waals surface area contributed by atoms with Gasteiger partial charge in [0.05, 0.1) is 0 Å². The maximum Gasteiger partial charge on any atom is 0.339 e. The Hall–Kier alpha value is -3.08. The van der Waals surface area contributed by atoms with Crippen molar-refractivity contribution in [3.8, 4) is 5.75 Å². The molecule has 1 heterocycles. The lowest BCUT2D eigenvalue weighted by Gasteiger charge is -2.19. The van der Waals surface area contributed by atoms with Crippen molar-refractivity contribution in [1.29, 1.82) is 0 Å². The number of benzene rings is 2. The van der Waals surface area contributed by atoms with Gasteiger partial charge in [0, 0.05) is 23.0 Å². The van der Waals surface area contributed by atoms with Crippen LogP contribution in [0.2, 0.25) is 0 Å². The van der Waals surface area contributed by atoms with E-state index in [1.807, 2.05) is 12.1 Å². The van der Waals surface area contributed by atoms with Crippen molar-refractivity contribution in [2.75, 3.05) is 0 Å². The van der Waals surface area contributed by atoms with Gasteiger partial charge in [-0.1, -0.05) is 45.0 Å². The molecule has 0 saturated carbocycles. The molecule has 0 N–H and O–H groups in total. The zero-order chi connectivity index (χ0) is 21.2. The molecule has 0 saturated heterocycles. The summed E-state index contributed by atoms with van der Waals surface area (Å²) in [5.74, 6) is -0.592. The second kappa shape index (κ2) is 8.11. The normalized spacial score (nSPS) is 11.6. The van der Waals surface area contributed by atoms with Crippen LogP contribution in [0.3, 0.4) is 0 Å². The van der Waals surface area contributed by atoms with Gasteiger partial charge in [-0.25, -0.2) is 4.79 Å². The number of carbonyl (C=O) groups excluding carboxylic acids is 1. The molecule has 5 heteroatoms. The molecule has 0 bridgehead atoms. The molecule has 0 aliphatic rings. The van der Waals surface area contributed by atoms with Crippen LogP contribution in [0.4, 0.5) is 0 Å². The summed E-state index contributed by atoms with van der Waals surface area (Å²) < 4.78 is 11.3. The maximum absolute atomic E-state index is 12.2.